The fourth-order valence-electron chi connectivity index (χ4n) is 1.03. The fraction of sp³-hybridized carbons (Fsp3) is 0. The monoisotopic (exact) mass is 258 g/mol. The van der Waals surface area contributed by atoms with Crippen LogP contribution in [0.2, 0.25) is 10.0 Å². The van der Waals surface area contributed by atoms with Crippen molar-refractivity contribution in [2.45, 2.75) is 0 Å². The molecule has 0 fully saturated rings. The molecule has 0 saturated heterocycles. The minimum atomic E-state index is -0.890. The smallest absolute Gasteiger partial charge is 0.254 e. The summed E-state index contributed by atoms with van der Waals surface area (Å²) in [5.41, 5.74) is 10.2. The van der Waals surface area contributed by atoms with Crippen LogP contribution < -0.4 is 11.5 Å². The molecular weight excluding hydrogens is 251 g/mol. The molecule has 4 nitrogen and oxygen atoms in total. The molecule has 0 bridgehead atoms. The van der Waals surface area contributed by atoms with E-state index < -0.39 is 11.8 Å². The Labute approximate surface area is 102 Å². The number of carbonyl (C=O) groups is 2. The molecule has 0 spiro atoms. The van der Waals surface area contributed by atoms with E-state index in [4.69, 9.17) is 34.7 Å². The third-order valence-corrected chi connectivity index (χ3v) is 2.52. The predicted octanol–water partition coefficient (Wildman–Crippen LogP) is 1.35. The van der Waals surface area contributed by atoms with Gasteiger partial charge in [0, 0.05) is 0 Å². The quantitative estimate of drug-likeness (QED) is 0.487. The van der Waals surface area contributed by atoms with Crippen LogP contribution in [0.4, 0.5) is 0 Å². The zero-order valence-corrected chi connectivity index (χ0v) is 9.55. The summed E-state index contributed by atoms with van der Waals surface area (Å²) in [6.07, 6.45) is 1.26. The highest BCUT2D eigenvalue weighted by molar-refractivity contribution is 6.42. The summed E-state index contributed by atoms with van der Waals surface area (Å²) >= 11 is 11.5. The molecule has 0 aliphatic heterocycles. The van der Waals surface area contributed by atoms with E-state index in [-0.39, 0.29) is 5.57 Å². The standard InChI is InChI=1S/C10H8Cl2N2O2/c11-7-2-1-5(4-8(7)12)3-6(9(13)15)10(14)16/h1-4H,(H2,13,15)(H2,14,16). The molecular formula is C10H8Cl2N2O2. The molecule has 0 aliphatic rings. The highest BCUT2D eigenvalue weighted by Gasteiger charge is 2.11. The van der Waals surface area contributed by atoms with Crippen molar-refractivity contribution in [2.75, 3.05) is 0 Å². The van der Waals surface area contributed by atoms with E-state index in [0.29, 0.717) is 15.6 Å². The molecule has 0 heterocycles. The van der Waals surface area contributed by atoms with Crippen LogP contribution in [-0.2, 0) is 9.59 Å². The van der Waals surface area contributed by atoms with Gasteiger partial charge in [0.2, 0.25) is 0 Å². The van der Waals surface area contributed by atoms with Gasteiger partial charge in [-0.3, -0.25) is 9.59 Å². The Morgan fingerprint density at radius 3 is 2.06 bits per heavy atom. The molecule has 1 aromatic rings. The average molecular weight is 259 g/mol. The molecule has 2 amide bonds. The van der Waals surface area contributed by atoms with Gasteiger partial charge >= 0.3 is 0 Å². The lowest BCUT2D eigenvalue weighted by molar-refractivity contribution is -0.120. The van der Waals surface area contributed by atoms with Gasteiger partial charge in [-0.1, -0.05) is 29.3 Å². The van der Waals surface area contributed by atoms with Gasteiger partial charge in [-0.05, 0) is 23.8 Å². The first-order valence-electron chi connectivity index (χ1n) is 4.18. The van der Waals surface area contributed by atoms with Crippen LogP contribution in [0, 0.1) is 0 Å². The lowest BCUT2D eigenvalue weighted by Crippen LogP contribution is -2.25. The summed E-state index contributed by atoms with van der Waals surface area (Å²) in [5.74, 6) is -1.78. The molecule has 0 radical (unpaired) electrons. The minimum Gasteiger partial charge on any atom is -0.365 e. The summed E-state index contributed by atoms with van der Waals surface area (Å²) in [7, 11) is 0. The largest absolute Gasteiger partial charge is 0.365 e. The molecule has 16 heavy (non-hydrogen) atoms. The number of benzene rings is 1. The van der Waals surface area contributed by atoms with Gasteiger partial charge in [0.15, 0.2) is 0 Å². The third-order valence-electron chi connectivity index (χ3n) is 1.79. The van der Waals surface area contributed by atoms with Crippen molar-refractivity contribution in [1.29, 1.82) is 0 Å². The molecule has 0 saturated carbocycles. The number of halogens is 2. The van der Waals surface area contributed by atoms with Gasteiger partial charge in [0.1, 0.15) is 5.57 Å². The molecule has 0 aliphatic carbocycles. The van der Waals surface area contributed by atoms with Crippen LogP contribution in [0.1, 0.15) is 5.56 Å². The maximum absolute atomic E-state index is 10.9. The number of hydrogen-bond acceptors (Lipinski definition) is 2. The molecule has 84 valence electrons. The minimum absolute atomic E-state index is 0.293. The molecule has 4 N–H and O–H groups in total. The van der Waals surface area contributed by atoms with Gasteiger partial charge in [0.25, 0.3) is 11.8 Å². The first-order valence-corrected chi connectivity index (χ1v) is 4.93. The highest BCUT2D eigenvalue weighted by Crippen LogP contribution is 2.23. The number of rotatable bonds is 3. The normalized spacial score (nSPS) is 9.62. The number of nitrogens with two attached hydrogens (primary N) is 2. The van der Waals surface area contributed by atoms with Crippen LogP contribution in [-0.4, -0.2) is 11.8 Å². The van der Waals surface area contributed by atoms with Crippen LogP contribution >= 0.6 is 23.2 Å². The van der Waals surface area contributed by atoms with Crippen molar-refractivity contribution in [2.24, 2.45) is 11.5 Å². The zero-order valence-electron chi connectivity index (χ0n) is 8.04. The van der Waals surface area contributed by atoms with Gasteiger partial charge < -0.3 is 11.5 Å². The first-order chi connectivity index (χ1) is 7.41. The van der Waals surface area contributed by atoms with E-state index in [9.17, 15) is 9.59 Å². The fourth-order valence-corrected chi connectivity index (χ4v) is 1.34. The Balaban J connectivity index is 3.18. The highest BCUT2D eigenvalue weighted by atomic mass is 35.5. The van der Waals surface area contributed by atoms with Crippen molar-refractivity contribution in [3.8, 4) is 0 Å². The maximum Gasteiger partial charge on any atom is 0.254 e. The number of hydrogen-bond donors (Lipinski definition) is 2. The lowest BCUT2D eigenvalue weighted by Gasteiger charge is -2.00. The van der Waals surface area contributed by atoms with Gasteiger partial charge in [-0.15, -0.1) is 0 Å². The Hall–Kier alpha value is -1.52. The predicted molar refractivity (Wildman–Crippen MR) is 62.8 cm³/mol. The van der Waals surface area contributed by atoms with Gasteiger partial charge in [-0.2, -0.15) is 0 Å². The average Bonchev–Trinajstić information content (AvgIpc) is 2.18. The molecule has 0 unspecified atom stereocenters. The van der Waals surface area contributed by atoms with Crippen molar-refractivity contribution < 1.29 is 9.59 Å². The summed E-state index contributed by atoms with van der Waals surface area (Å²) in [6, 6.07) is 4.62. The number of amides is 2. The summed E-state index contributed by atoms with van der Waals surface area (Å²) < 4.78 is 0. The topological polar surface area (TPSA) is 86.2 Å². The van der Waals surface area contributed by atoms with E-state index in [2.05, 4.69) is 0 Å². The molecule has 1 aromatic carbocycles. The second-order valence-electron chi connectivity index (χ2n) is 2.96. The van der Waals surface area contributed by atoms with Gasteiger partial charge in [0.05, 0.1) is 10.0 Å². The molecule has 6 heteroatoms. The molecule has 1 rings (SSSR count). The zero-order chi connectivity index (χ0) is 12.3. The van der Waals surface area contributed by atoms with Gasteiger partial charge in [-0.25, -0.2) is 0 Å². The second-order valence-corrected chi connectivity index (χ2v) is 3.77. The van der Waals surface area contributed by atoms with E-state index in [1.807, 2.05) is 0 Å². The summed E-state index contributed by atoms with van der Waals surface area (Å²) in [6.45, 7) is 0. The Kier molecular flexibility index (Phi) is 3.93. The van der Waals surface area contributed by atoms with Crippen LogP contribution in [0.3, 0.4) is 0 Å². The van der Waals surface area contributed by atoms with Crippen molar-refractivity contribution >= 4 is 41.1 Å². The van der Waals surface area contributed by atoms with Crippen LogP contribution in [0.5, 0.6) is 0 Å². The van der Waals surface area contributed by atoms with Crippen molar-refractivity contribution in [1.82, 2.24) is 0 Å². The third kappa shape index (κ3) is 2.98. The number of primary amides is 2. The Morgan fingerprint density at radius 1 is 1.06 bits per heavy atom. The van der Waals surface area contributed by atoms with E-state index >= 15 is 0 Å². The Morgan fingerprint density at radius 2 is 1.62 bits per heavy atom. The second kappa shape index (κ2) is 5.01. The SMILES string of the molecule is NC(=O)C(=Cc1ccc(Cl)c(Cl)c1)C(N)=O. The lowest BCUT2D eigenvalue weighted by atomic mass is 10.1. The Bertz CT molecular complexity index is 468. The van der Waals surface area contributed by atoms with Crippen molar-refractivity contribution in [3.63, 3.8) is 0 Å². The summed E-state index contributed by atoms with van der Waals surface area (Å²) in [4.78, 5) is 21.8. The van der Waals surface area contributed by atoms with E-state index in [1.54, 1.807) is 6.07 Å². The van der Waals surface area contributed by atoms with Crippen LogP contribution in [0.25, 0.3) is 6.08 Å². The van der Waals surface area contributed by atoms with E-state index in [1.165, 1.54) is 18.2 Å². The first kappa shape index (κ1) is 12.5. The maximum atomic E-state index is 10.9. The molecule has 0 atom stereocenters. The summed E-state index contributed by atoms with van der Waals surface area (Å²) in [5, 5.41) is 0.683. The molecule has 0 aromatic heterocycles. The van der Waals surface area contributed by atoms with E-state index in [0.717, 1.165) is 0 Å². The number of carbonyl (C=O) groups excluding carboxylic acids is 2. The van der Waals surface area contributed by atoms with Crippen molar-refractivity contribution in [3.05, 3.63) is 39.4 Å². The van der Waals surface area contributed by atoms with Crippen LogP contribution in [0.15, 0.2) is 23.8 Å².